The lowest BCUT2D eigenvalue weighted by atomic mass is 9.88. The molecule has 0 bridgehead atoms. The molecule has 0 aliphatic heterocycles. The number of nitrogens with zero attached hydrogens (tertiary/aromatic N) is 1. The van der Waals surface area contributed by atoms with Gasteiger partial charge in [-0.2, -0.15) is 5.26 Å². The molecule has 1 aromatic rings. The van der Waals surface area contributed by atoms with Crippen LogP contribution in [-0.4, -0.2) is 5.91 Å². The topological polar surface area (TPSA) is 52.9 Å². The van der Waals surface area contributed by atoms with Crippen molar-refractivity contribution in [1.29, 1.82) is 5.26 Å². The summed E-state index contributed by atoms with van der Waals surface area (Å²) in [4.78, 5) is 11.8. The summed E-state index contributed by atoms with van der Waals surface area (Å²) in [5.74, 6) is -0.838. The van der Waals surface area contributed by atoms with E-state index >= 15 is 0 Å². The molecule has 0 radical (unpaired) electrons. The lowest BCUT2D eigenvalue weighted by molar-refractivity contribution is -0.127. The Labute approximate surface area is 111 Å². The number of benzene rings is 1. The number of hydrogen-bond acceptors (Lipinski definition) is 2. The molecule has 1 amide bonds. The van der Waals surface area contributed by atoms with Crippen molar-refractivity contribution in [3.8, 4) is 6.07 Å². The number of carbonyl (C=O) groups is 1. The Morgan fingerprint density at radius 2 is 2.28 bits per heavy atom. The summed E-state index contributed by atoms with van der Waals surface area (Å²) >= 11 is 5.63. The molecule has 1 N–H and O–H groups in total. The molecule has 1 aromatic carbocycles. The van der Waals surface area contributed by atoms with Crippen molar-refractivity contribution in [2.24, 2.45) is 5.41 Å². The number of nitriles is 1. The second-order valence-electron chi connectivity index (χ2n) is 4.23. The van der Waals surface area contributed by atoms with Crippen molar-refractivity contribution in [1.82, 2.24) is 5.32 Å². The molecule has 18 heavy (non-hydrogen) atoms. The first-order chi connectivity index (χ1) is 8.42. The molecular formula is C13H14ClFN2O. The van der Waals surface area contributed by atoms with E-state index in [1.54, 1.807) is 13.8 Å². The van der Waals surface area contributed by atoms with Crippen LogP contribution in [0.25, 0.3) is 0 Å². The second-order valence-corrected chi connectivity index (χ2v) is 4.64. The predicted octanol–water partition coefficient (Wildman–Crippen LogP) is 3.04. The largest absolute Gasteiger partial charge is 0.351 e. The molecule has 0 aliphatic rings. The third-order valence-corrected chi connectivity index (χ3v) is 3.18. The Hall–Kier alpha value is -1.60. The number of nitrogens with one attached hydrogen (secondary N) is 1. The van der Waals surface area contributed by atoms with Gasteiger partial charge in [-0.25, -0.2) is 4.39 Å². The summed E-state index contributed by atoms with van der Waals surface area (Å²) in [6.07, 6.45) is 0.430. The monoisotopic (exact) mass is 268 g/mol. The van der Waals surface area contributed by atoms with Crippen LogP contribution in [0.2, 0.25) is 5.02 Å². The van der Waals surface area contributed by atoms with Crippen LogP contribution in [0.3, 0.4) is 0 Å². The van der Waals surface area contributed by atoms with Crippen molar-refractivity contribution in [2.45, 2.75) is 26.8 Å². The Bertz CT molecular complexity index is 498. The first kappa shape index (κ1) is 14.5. The SMILES string of the molecule is CCC(C)(C#N)C(=O)NCc1ccc(F)c(Cl)c1. The van der Waals surface area contributed by atoms with E-state index in [0.717, 1.165) is 0 Å². The third-order valence-electron chi connectivity index (χ3n) is 2.89. The zero-order chi connectivity index (χ0) is 13.8. The van der Waals surface area contributed by atoms with Gasteiger partial charge in [0.25, 0.3) is 0 Å². The zero-order valence-electron chi connectivity index (χ0n) is 10.3. The van der Waals surface area contributed by atoms with Crippen LogP contribution in [0.4, 0.5) is 4.39 Å². The number of carbonyl (C=O) groups excluding carboxylic acids is 1. The number of rotatable bonds is 4. The van der Waals surface area contributed by atoms with Crippen LogP contribution in [-0.2, 0) is 11.3 Å². The highest BCUT2D eigenvalue weighted by molar-refractivity contribution is 6.30. The molecule has 1 atom stereocenters. The zero-order valence-corrected chi connectivity index (χ0v) is 11.0. The Balaban J connectivity index is 2.69. The van der Waals surface area contributed by atoms with Crippen molar-refractivity contribution in [3.63, 3.8) is 0 Å². The molecule has 1 rings (SSSR count). The fraction of sp³-hybridized carbons (Fsp3) is 0.385. The summed E-state index contributed by atoms with van der Waals surface area (Å²) in [5.41, 5.74) is -0.352. The van der Waals surface area contributed by atoms with Gasteiger partial charge in [-0.3, -0.25) is 4.79 Å². The molecule has 0 saturated carbocycles. The Morgan fingerprint density at radius 3 is 2.78 bits per heavy atom. The second kappa shape index (κ2) is 5.83. The quantitative estimate of drug-likeness (QED) is 0.912. The minimum atomic E-state index is -1.04. The van der Waals surface area contributed by atoms with E-state index in [4.69, 9.17) is 16.9 Å². The smallest absolute Gasteiger partial charge is 0.240 e. The highest BCUT2D eigenvalue weighted by atomic mass is 35.5. The lowest BCUT2D eigenvalue weighted by Crippen LogP contribution is -2.37. The molecule has 96 valence electrons. The van der Waals surface area contributed by atoms with Crippen LogP contribution >= 0.6 is 11.6 Å². The fourth-order valence-corrected chi connectivity index (χ4v) is 1.52. The normalized spacial score (nSPS) is 13.5. The van der Waals surface area contributed by atoms with E-state index in [9.17, 15) is 9.18 Å². The van der Waals surface area contributed by atoms with Crippen LogP contribution in [0.15, 0.2) is 18.2 Å². The van der Waals surface area contributed by atoms with E-state index in [0.29, 0.717) is 12.0 Å². The van der Waals surface area contributed by atoms with E-state index in [1.165, 1.54) is 18.2 Å². The maximum atomic E-state index is 12.9. The summed E-state index contributed by atoms with van der Waals surface area (Å²) in [6.45, 7) is 3.58. The molecule has 0 fully saturated rings. The van der Waals surface area contributed by atoms with Gasteiger partial charge in [0, 0.05) is 6.54 Å². The van der Waals surface area contributed by atoms with Gasteiger partial charge in [-0.05, 0) is 31.0 Å². The molecule has 5 heteroatoms. The summed E-state index contributed by atoms with van der Waals surface area (Å²) in [5, 5.41) is 11.6. The molecule has 0 spiro atoms. The van der Waals surface area contributed by atoms with E-state index < -0.39 is 11.2 Å². The van der Waals surface area contributed by atoms with Crippen molar-refractivity contribution in [3.05, 3.63) is 34.6 Å². The number of amides is 1. The van der Waals surface area contributed by atoms with E-state index in [1.807, 2.05) is 6.07 Å². The van der Waals surface area contributed by atoms with Gasteiger partial charge in [0.15, 0.2) is 0 Å². The molecule has 0 aromatic heterocycles. The molecule has 1 unspecified atom stereocenters. The van der Waals surface area contributed by atoms with Crippen molar-refractivity contribution < 1.29 is 9.18 Å². The third kappa shape index (κ3) is 3.21. The first-order valence-electron chi connectivity index (χ1n) is 5.56. The van der Waals surface area contributed by atoms with Gasteiger partial charge in [0.05, 0.1) is 11.1 Å². The highest BCUT2D eigenvalue weighted by Gasteiger charge is 2.30. The van der Waals surface area contributed by atoms with Crippen LogP contribution in [0.1, 0.15) is 25.8 Å². The maximum Gasteiger partial charge on any atom is 0.240 e. The average molecular weight is 269 g/mol. The molecule has 0 saturated heterocycles. The maximum absolute atomic E-state index is 12.9. The molecular weight excluding hydrogens is 255 g/mol. The Kier molecular flexibility index (Phi) is 4.69. The summed E-state index contributed by atoms with van der Waals surface area (Å²) in [7, 11) is 0. The van der Waals surface area contributed by atoms with Gasteiger partial charge >= 0.3 is 0 Å². The first-order valence-corrected chi connectivity index (χ1v) is 5.94. The number of halogens is 2. The summed E-state index contributed by atoms with van der Waals surface area (Å²) < 4.78 is 12.9. The molecule has 3 nitrogen and oxygen atoms in total. The van der Waals surface area contributed by atoms with Crippen molar-refractivity contribution in [2.75, 3.05) is 0 Å². The molecule has 0 heterocycles. The summed E-state index contributed by atoms with van der Waals surface area (Å²) in [6, 6.07) is 6.22. The minimum absolute atomic E-state index is 0.0142. The van der Waals surface area contributed by atoms with E-state index in [-0.39, 0.29) is 17.5 Å². The number of hydrogen-bond donors (Lipinski definition) is 1. The minimum Gasteiger partial charge on any atom is -0.351 e. The van der Waals surface area contributed by atoms with Crippen LogP contribution in [0.5, 0.6) is 0 Å². The van der Waals surface area contributed by atoms with Gasteiger partial charge in [0.1, 0.15) is 11.2 Å². The van der Waals surface area contributed by atoms with Gasteiger partial charge in [0.2, 0.25) is 5.91 Å². The Morgan fingerprint density at radius 1 is 1.61 bits per heavy atom. The van der Waals surface area contributed by atoms with Gasteiger partial charge in [-0.1, -0.05) is 24.6 Å². The van der Waals surface area contributed by atoms with Gasteiger partial charge < -0.3 is 5.32 Å². The lowest BCUT2D eigenvalue weighted by Gasteiger charge is -2.18. The van der Waals surface area contributed by atoms with Crippen molar-refractivity contribution >= 4 is 17.5 Å². The van der Waals surface area contributed by atoms with E-state index in [2.05, 4.69) is 5.32 Å². The predicted molar refractivity (Wildman–Crippen MR) is 67.3 cm³/mol. The van der Waals surface area contributed by atoms with Crippen LogP contribution < -0.4 is 5.32 Å². The van der Waals surface area contributed by atoms with Gasteiger partial charge in [-0.15, -0.1) is 0 Å². The molecule has 0 aliphatic carbocycles. The standard InChI is InChI=1S/C13H14ClFN2O/c1-3-13(2,8-16)12(18)17-7-9-4-5-11(15)10(14)6-9/h4-6H,3,7H2,1-2H3,(H,17,18). The fourth-order valence-electron chi connectivity index (χ4n) is 1.32. The van der Waals surface area contributed by atoms with Crippen LogP contribution in [0, 0.1) is 22.6 Å². The average Bonchev–Trinajstić information content (AvgIpc) is 2.38. The highest BCUT2D eigenvalue weighted by Crippen LogP contribution is 2.20.